The van der Waals surface area contributed by atoms with Crippen LogP contribution in [-0.4, -0.2) is 9.97 Å². The quantitative estimate of drug-likeness (QED) is 0.875. The molecule has 0 saturated carbocycles. The van der Waals surface area contributed by atoms with E-state index in [1.807, 2.05) is 0 Å². The van der Waals surface area contributed by atoms with Crippen molar-refractivity contribution in [1.29, 1.82) is 0 Å². The SMILES string of the molecule is Cc1cccc(CCc2[nH]c(CN)nc2Cl)c1. The van der Waals surface area contributed by atoms with Gasteiger partial charge < -0.3 is 10.7 Å². The fourth-order valence-electron chi connectivity index (χ4n) is 1.84. The smallest absolute Gasteiger partial charge is 0.150 e. The first-order valence-electron chi connectivity index (χ1n) is 5.68. The summed E-state index contributed by atoms with van der Waals surface area (Å²) in [6.45, 7) is 2.49. The third-order valence-corrected chi connectivity index (χ3v) is 3.03. The highest BCUT2D eigenvalue weighted by atomic mass is 35.5. The Labute approximate surface area is 106 Å². The van der Waals surface area contributed by atoms with Crippen LogP contribution in [0.25, 0.3) is 0 Å². The van der Waals surface area contributed by atoms with Crippen LogP contribution in [0.2, 0.25) is 5.15 Å². The molecule has 0 aliphatic carbocycles. The number of H-pyrrole nitrogens is 1. The van der Waals surface area contributed by atoms with Gasteiger partial charge in [0.2, 0.25) is 0 Å². The van der Waals surface area contributed by atoms with Gasteiger partial charge in [-0.1, -0.05) is 41.4 Å². The maximum absolute atomic E-state index is 6.02. The number of aromatic nitrogens is 2. The lowest BCUT2D eigenvalue weighted by atomic mass is 10.1. The number of hydrogen-bond acceptors (Lipinski definition) is 2. The van der Waals surface area contributed by atoms with E-state index in [2.05, 4.69) is 41.2 Å². The molecule has 0 unspecified atom stereocenters. The van der Waals surface area contributed by atoms with Crippen LogP contribution in [0.1, 0.15) is 22.6 Å². The highest BCUT2D eigenvalue weighted by Gasteiger charge is 2.07. The maximum atomic E-state index is 6.02. The van der Waals surface area contributed by atoms with E-state index in [1.165, 1.54) is 11.1 Å². The Morgan fingerprint density at radius 2 is 2.18 bits per heavy atom. The van der Waals surface area contributed by atoms with E-state index in [9.17, 15) is 0 Å². The first kappa shape index (κ1) is 12.1. The zero-order valence-electron chi connectivity index (χ0n) is 9.83. The van der Waals surface area contributed by atoms with E-state index in [0.29, 0.717) is 11.7 Å². The second-order valence-electron chi connectivity index (χ2n) is 4.15. The van der Waals surface area contributed by atoms with Crippen molar-refractivity contribution in [3.05, 3.63) is 52.1 Å². The number of aromatic amines is 1. The normalized spacial score (nSPS) is 10.8. The van der Waals surface area contributed by atoms with Crippen LogP contribution in [-0.2, 0) is 19.4 Å². The third-order valence-electron chi connectivity index (χ3n) is 2.72. The summed E-state index contributed by atoms with van der Waals surface area (Å²) < 4.78 is 0. The summed E-state index contributed by atoms with van der Waals surface area (Å²) in [7, 11) is 0. The van der Waals surface area contributed by atoms with Crippen LogP contribution in [0.4, 0.5) is 0 Å². The van der Waals surface area contributed by atoms with E-state index in [4.69, 9.17) is 17.3 Å². The lowest BCUT2D eigenvalue weighted by Gasteiger charge is -2.01. The van der Waals surface area contributed by atoms with E-state index in [0.717, 1.165) is 24.4 Å². The lowest BCUT2D eigenvalue weighted by Crippen LogP contribution is -1.98. The molecule has 0 fully saturated rings. The molecule has 1 aromatic carbocycles. The lowest BCUT2D eigenvalue weighted by molar-refractivity contribution is 0.894. The largest absolute Gasteiger partial charge is 0.343 e. The molecule has 0 aliphatic rings. The van der Waals surface area contributed by atoms with Gasteiger partial charge in [-0.05, 0) is 25.3 Å². The predicted octanol–water partition coefficient (Wildman–Crippen LogP) is 2.62. The summed E-state index contributed by atoms with van der Waals surface area (Å²) in [6, 6.07) is 8.49. The van der Waals surface area contributed by atoms with Crippen LogP contribution in [0.3, 0.4) is 0 Å². The summed E-state index contributed by atoms with van der Waals surface area (Å²) in [5.74, 6) is 0.745. The monoisotopic (exact) mass is 249 g/mol. The van der Waals surface area contributed by atoms with Crippen molar-refractivity contribution in [3.8, 4) is 0 Å². The predicted molar refractivity (Wildman–Crippen MR) is 70.1 cm³/mol. The Kier molecular flexibility index (Phi) is 3.82. The van der Waals surface area contributed by atoms with E-state index in [-0.39, 0.29) is 0 Å². The van der Waals surface area contributed by atoms with Gasteiger partial charge in [0, 0.05) is 0 Å². The van der Waals surface area contributed by atoms with Gasteiger partial charge >= 0.3 is 0 Å². The van der Waals surface area contributed by atoms with Crippen molar-refractivity contribution in [3.63, 3.8) is 0 Å². The topological polar surface area (TPSA) is 54.7 Å². The summed E-state index contributed by atoms with van der Waals surface area (Å²) >= 11 is 6.02. The second-order valence-corrected chi connectivity index (χ2v) is 4.50. The molecule has 3 nitrogen and oxygen atoms in total. The number of nitrogens with one attached hydrogen (secondary N) is 1. The Balaban J connectivity index is 2.04. The maximum Gasteiger partial charge on any atom is 0.150 e. The van der Waals surface area contributed by atoms with Gasteiger partial charge in [-0.3, -0.25) is 0 Å². The number of benzene rings is 1. The third kappa shape index (κ3) is 3.08. The van der Waals surface area contributed by atoms with Crippen molar-refractivity contribution in [2.24, 2.45) is 5.73 Å². The van der Waals surface area contributed by atoms with E-state index < -0.39 is 0 Å². The molecular formula is C13H16ClN3. The minimum absolute atomic E-state index is 0.393. The Morgan fingerprint density at radius 3 is 2.82 bits per heavy atom. The molecule has 1 aromatic heterocycles. The first-order valence-corrected chi connectivity index (χ1v) is 6.05. The zero-order valence-corrected chi connectivity index (χ0v) is 10.6. The van der Waals surface area contributed by atoms with Crippen LogP contribution < -0.4 is 5.73 Å². The highest BCUT2D eigenvalue weighted by Crippen LogP contribution is 2.15. The molecular weight excluding hydrogens is 234 g/mol. The number of aryl methyl sites for hydroxylation is 3. The molecule has 0 atom stereocenters. The van der Waals surface area contributed by atoms with Crippen LogP contribution >= 0.6 is 11.6 Å². The number of imidazole rings is 1. The number of hydrogen-bond donors (Lipinski definition) is 2. The molecule has 2 aromatic rings. The minimum atomic E-state index is 0.393. The summed E-state index contributed by atoms with van der Waals surface area (Å²) in [5.41, 5.74) is 9.06. The summed E-state index contributed by atoms with van der Waals surface area (Å²) in [4.78, 5) is 7.29. The molecule has 90 valence electrons. The number of nitrogens with two attached hydrogens (primary N) is 1. The fraction of sp³-hybridized carbons (Fsp3) is 0.308. The van der Waals surface area contributed by atoms with Gasteiger partial charge in [-0.2, -0.15) is 0 Å². The van der Waals surface area contributed by atoms with Gasteiger partial charge in [-0.25, -0.2) is 4.98 Å². The van der Waals surface area contributed by atoms with Crippen LogP contribution in [0.15, 0.2) is 24.3 Å². The van der Waals surface area contributed by atoms with E-state index >= 15 is 0 Å². The number of rotatable bonds is 4. The van der Waals surface area contributed by atoms with Crippen LogP contribution in [0.5, 0.6) is 0 Å². The first-order chi connectivity index (χ1) is 8.19. The fourth-order valence-corrected chi connectivity index (χ4v) is 2.08. The molecule has 0 amide bonds. The van der Waals surface area contributed by atoms with Crippen molar-refractivity contribution in [1.82, 2.24) is 9.97 Å². The Bertz CT molecular complexity index is 505. The average Bonchev–Trinajstić information content (AvgIpc) is 2.68. The summed E-state index contributed by atoms with van der Waals surface area (Å²) in [5, 5.41) is 0.540. The van der Waals surface area contributed by atoms with E-state index in [1.54, 1.807) is 0 Å². The van der Waals surface area contributed by atoms with Gasteiger partial charge in [0.1, 0.15) is 11.0 Å². The molecule has 2 rings (SSSR count). The number of halogens is 1. The van der Waals surface area contributed by atoms with Gasteiger partial charge in [0.05, 0.1) is 12.2 Å². The minimum Gasteiger partial charge on any atom is -0.343 e. The van der Waals surface area contributed by atoms with Gasteiger partial charge in [0.25, 0.3) is 0 Å². The Hall–Kier alpha value is -1.32. The molecule has 0 saturated heterocycles. The van der Waals surface area contributed by atoms with Crippen molar-refractivity contribution in [2.75, 3.05) is 0 Å². The summed E-state index contributed by atoms with van der Waals surface area (Å²) in [6.07, 6.45) is 1.81. The van der Waals surface area contributed by atoms with Crippen molar-refractivity contribution >= 4 is 11.6 Å². The van der Waals surface area contributed by atoms with Crippen molar-refractivity contribution < 1.29 is 0 Å². The second kappa shape index (κ2) is 5.34. The Morgan fingerprint density at radius 1 is 1.35 bits per heavy atom. The number of nitrogens with zero attached hydrogens (tertiary/aromatic N) is 1. The van der Waals surface area contributed by atoms with Gasteiger partial charge in [-0.15, -0.1) is 0 Å². The molecule has 17 heavy (non-hydrogen) atoms. The van der Waals surface area contributed by atoms with Crippen LogP contribution in [0, 0.1) is 6.92 Å². The standard InChI is InChI=1S/C13H16ClN3/c1-9-3-2-4-10(7-9)5-6-11-13(14)17-12(8-15)16-11/h2-4,7H,5-6,8,15H2,1H3,(H,16,17). The zero-order chi connectivity index (χ0) is 12.3. The van der Waals surface area contributed by atoms with Gasteiger partial charge in [0.15, 0.2) is 0 Å². The molecule has 3 N–H and O–H groups in total. The molecule has 0 spiro atoms. The molecule has 4 heteroatoms. The van der Waals surface area contributed by atoms with Crippen molar-refractivity contribution in [2.45, 2.75) is 26.3 Å². The molecule has 0 aliphatic heterocycles. The molecule has 0 bridgehead atoms. The highest BCUT2D eigenvalue weighted by molar-refractivity contribution is 6.30. The molecule has 1 heterocycles. The molecule has 0 radical (unpaired) electrons. The average molecular weight is 250 g/mol.